The van der Waals surface area contributed by atoms with Gasteiger partial charge in [0.1, 0.15) is 0 Å². The molecule has 0 saturated heterocycles. The zero-order valence-electron chi connectivity index (χ0n) is 18.5. The standard InChI is InChI=1S/C25H34ClN5/c1-17-22-15-31(12-9-23(22)30-24(29-17)28-14-18-5-6-18)21-7-10-25(16-27,11-8-21)19-3-2-4-20(26)13-19/h2-4,13,18,21H,5-12,14-16,27H2,1H3,(H,28,29,30). The molecule has 2 fully saturated rings. The van der Waals surface area contributed by atoms with E-state index in [0.717, 1.165) is 61.5 Å². The van der Waals surface area contributed by atoms with Crippen molar-refractivity contribution in [2.24, 2.45) is 11.7 Å². The number of hydrogen-bond acceptors (Lipinski definition) is 5. The molecule has 5 nitrogen and oxygen atoms in total. The van der Waals surface area contributed by atoms with Gasteiger partial charge in [0.25, 0.3) is 0 Å². The molecule has 31 heavy (non-hydrogen) atoms. The van der Waals surface area contributed by atoms with E-state index >= 15 is 0 Å². The highest BCUT2D eigenvalue weighted by Gasteiger charge is 2.38. The number of nitrogens with one attached hydrogen (secondary N) is 1. The van der Waals surface area contributed by atoms with E-state index in [1.165, 1.54) is 42.5 Å². The molecule has 2 saturated carbocycles. The van der Waals surface area contributed by atoms with Crippen LogP contribution in [0.15, 0.2) is 24.3 Å². The van der Waals surface area contributed by atoms with Crippen LogP contribution in [0.5, 0.6) is 0 Å². The van der Waals surface area contributed by atoms with Crippen molar-refractivity contribution >= 4 is 17.5 Å². The van der Waals surface area contributed by atoms with Crippen LogP contribution in [0, 0.1) is 12.8 Å². The second-order valence-electron chi connectivity index (χ2n) is 9.83. The Labute approximate surface area is 190 Å². The average molecular weight is 440 g/mol. The predicted octanol–water partition coefficient (Wildman–Crippen LogP) is 4.46. The first-order valence-corrected chi connectivity index (χ1v) is 12.2. The fourth-order valence-corrected chi connectivity index (χ4v) is 5.69. The molecule has 1 aliphatic heterocycles. The molecule has 5 rings (SSSR count). The maximum atomic E-state index is 6.31. The van der Waals surface area contributed by atoms with E-state index in [4.69, 9.17) is 27.3 Å². The van der Waals surface area contributed by atoms with Gasteiger partial charge in [-0.1, -0.05) is 23.7 Å². The average Bonchev–Trinajstić information content (AvgIpc) is 3.62. The third kappa shape index (κ3) is 4.46. The summed E-state index contributed by atoms with van der Waals surface area (Å²) in [5.41, 5.74) is 11.4. The first-order chi connectivity index (χ1) is 15.1. The fraction of sp³-hybridized carbons (Fsp3) is 0.600. The van der Waals surface area contributed by atoms with E-state index in [1.54, 1.807) is 0 Å². The quantitative estimate of drug-likeness (QED) is 0.695. The highest BCUT2D eigenvalue weighted by atomic mass is 35.5. The summed E-state index contributed by atoms with van der Waals surface area (Å²) in [5.74, 6) is 1.65. The second-order valence-corrected chi connectivity index (χ2v) is 10.3. The number of anilines is 1. The predicted molar refractivity (Wildman–Crippen MR) is 127 cm³/mol. The number of halogens is 1. The number of rotatable bonds is 6. The van der Waals surface area contributed by atoms with Gasteiger partial charge in [-0.25, -0.2) is 9.97 Å². The molecular formula is C25H34ClN5. The van der Waals surface area contributed by atoms with Gasteiger partial charge in [0.05, 0.1) is 5.69 Å². The maximum Gasteiger partial charge on any atom is 0.223 e. The Morgan fingerprint density at radius 2 is 2.00 bits per heavy atom. The minimum Gasteiger partial charge on any atom is -0.354 e. The Hall–Kier alpha value is -1.69. The fourth-order valence-electron chi connectivity index (χ4n) is 5.50. The molecule has 0 atom stereocenters. The topological polar surface area (TPSA) is 67.1 Å². The van der Waals surface area contributed by atoms with Crippen LogP contribution >= 0.6 is 11.6 Å². The summed E-state index contributed by atoms with van der Waals surface area (Å²) in [5, 5.41) is 4.26. The summed E-state index contributed by atoms with van der Waals surface area (Å²) in [4.78, 5) is 12.3. The van der Waals surface area contributed by atoms with Gasteiger partial charge in [-0.05, 0) is 69.1 Å². The van der Waals surface area contributed by atoms with E-state index in [9.17, 15) is 0 Å². The summed E-state index contributed by atoms with van der Waals surface area (Å²) in [6.07, 6.45) is 8.31. The molecule has 1 aromatic heterocycles. The number of benzene rings is 1. The first kappa shape index (κ1) is 21.2. The number of aromatic nitrogens is 2. The second kappa shape index (κ2) is 8.68. The molecule has 166 valence electrons. The van der Waals surface area contributed by atoms with Gasteiger partial charge in [0.2, 0.25) is 5.95 Å². The first-order valence-electron chi connectivity index (χ1n) is 11.9. The smallest absolute Gasteiger partial charge is 0.223 e. The molecule has 6 heteroatoms. The Kier molecular flexibility index (Phi) is 5.93. The third-order valence-electron chi connectivity index (χ3n) is 7.80. The van der Waals surface area contributed by atoms with Crippen molar-refractivity contribution in [3.63, 3.8) is 0 Å². The van der Waals surface area contributed by atoms with E-state index in [0.29, 0.717) is 12.6 Å². The van der Waals surface area contributed by atoms with Gasteiger partial charge in [0.15, 0.2) is 0 Å². The van der Waals surface area contributed by atoms with Crippen molar-refractivity contribution < 1.29 is 0 Å². The summed E-state index contributed by atoms with van der Waals surface area (Å²) in [7, 11) is 0. The van der Waals surface area contributed by atoms with E-state index in [2.05, 4.69) is 35.3 Å². The lowest BCUT2D eigenvalue weighted by atomic mass is 9.68. The van der Waals surface area contributed by atoms with E-state index in [-0.39, 0.29) is 5.41 Å². The van der Waals surface area contributed by atoms with Crippen molar-refractivity contribution in [1.29, 1.82) is 0 Å². The van der Waals surface area contributed by atoms with Gasteiger partial charge in [-0.2, -0.15) is 0 Å². The number of nitrogens with two attached hydrogens (primary N) is 1. The van der Waals surface area contributed by atoms with Crippen molar-refractivity contribution in [2.45, 2.75) is 69.9 Å². The molecule has 0 amide bonds. The molecule has 2 aliphatic carbocycles. The van der Waals surface area contributed by atoms with Gasteiger partial charge >= 0.3 is 0 Å². The SMILES string of the molecule is Cc1nc(NCC2CC2)nc2c1CN(C1CCC(CN)(c3cccc(Cl)c3)CC1)CC2. The van der Waals surface area contributed by atoms with Crippen LogP contribution in [-0.2, 0) is 18.4 Å². The molecule has 0 bridgehead atoms. The minimum absolute atomic E-state index is 0.0657. The van der Waals surface area contributed by atoms with Crippen LogP contribution < -0.4 is 11.1 Å². The highest BCUT2D eigenvalue weighted by Crippen LogP contribution is 2.41. The zero-order valence-corrected chi connectivity index (χ0v) is 19.3. The van der Waals surface area contributed by atoms with Crippen LogP contribution in [-0.4, -0.2) is 40.5 Å². The van der Waals surface area contributed by atoms with Crippen molar-refractivity contribution in [1.82, 2.24) is 14.9 Å². The summed E-state index contributed by atoms with van der Waals surface area (Å²) < 4.78 is 0. The van der Waals surface area contributed by atoms with Crippen LogP contribution in [0.1, 0.15) is 61.0 Å². The molecular weight excluding hydrogens is 406 g/mol. The van der Waals surface area contributed by atoms with Crippen molar-refractivity contribution in [3.8, 4) is 0 Å². The molecule has 1 aromatic carbocycles. The number of nitrogens with zero attached hydrogens (tertiary/aromatic N) is 3. The maximum absolute atomic E-state index is 6.31. The Morgan fingerprint density at radius 1 is 1.19 bits per heavy atom. The number of aryl methyl sites for hydroxylation is 1. The van der Waals surface area contributed by atoms with Crippen LogP contribution in [0.2, 0.25) is 5.02 Å². The summed E-state index contributed by atoms with van der Waals surface area (Å²) >= 11 is 6.28. The lowest BCUT2D eigenvalue weighted by molar-refractivity contribution is 0.112. The molecule has 0 unspecified atom stereocenters. The van der Waals surface area contributed by atoms with Gasteiger partial charge in [-0.3, -0.25) is 4.90 Å². The number of fused-ring (bicyclic) bond motifs is 1. The summed E-state index contributed by atoms with van der Waals surface area (Å²) in [6.45, 7) is 5.91. The minimum atomic E-state index is 0.0657. The van der Waals surface area contributed by atoms with Crippen LogP contribution in [0.4, 0.5) is 5.95 Å². The van der Waals surface area contributed by atoms with Crippen molar-refractivity contribution in [2.75, 3.05) is 25.0 Å². The molecule has 3 N–H and O–H groups in total. The molecule has 2 aromatic rings. The summed E-state index contributed by atoms with van der Waals surface area (Å²) in [6, 6.07) is 8.93. The van der Waals surface area contributed by atoms with E-state index in [1.807, 2.05) is 6.07 Å². The molecule has 0 spiro atoms. The highest BCUT2D eigenvalue weighted by molar-refractivity contribution is 6.30. The van der Waals surface area contributed by atoms with Crippen LogP contribution in [0.3, 0.4) is 0 Å². The zero-order chi connectivity index (χ0) is 21.4. The lowest BCUT2D eigenvalue weighted by Gasteiger charge is -2.44. The van der Waals surface area contributed by atoms with Gasteiger partial charge in [-0.15, -0.1) is 0 Å². The Bertz CT molecular complexity index is 934. The lowest BCUT2D eigenvalue weighted by Crippen LogP contribution is -2.47. The largest absolute Gasteiger partial charge is 0.354 e. The normalized spacial score (nSPS) is 26.5. The molecule has 2 heterocycles. The molecule has 3 aliphatic rings. The Morgan fingerprint density at radius 3 is 2.71 bits per heavy atom. The van der Waals surface area contributed by atoms with Crippen molar-refractivity contribution in [3.05, 3.63) is 51.8 Å². The van der Waals surface area contributed by atoms with E-state index < -0.39 is 0 Å². The third-order valence-corrected chi connectivity index (χ3v) is 8.03. The van der Waals surface area contributed by atoms with Gasteiger partial charge in [0, 0.05) is 60.3 Å². The van der Waals surface area contributed by atoms with Crippen LogP contribution in [0.25, 0.3) is 0 Å². The monoisotopic (exact) mass is 439 g/mol. The van der Waals surface area contributed by atoms with Gasteiger partial charge < -0.3 is 11.1 Å². The Balaban J connectivity index is 1.25. The molecule has 0 radical (unpaired) electrons. The number of hydrogen-bond donors (Lipinski definition) is 2.